The van der Waals surface area contributed by atoms with E-state index in [4.69, 9.17) is 16.3 Å². The largest absolute Gasteiger partial charge is 0.497 e. The molecule has 6 heteroatoms. The number of benzene rings is 2. The van der Waals surface area contributed by atoms with Gasteiger partial charge in [0.25, 0.3) is 0 Å². The van der Waals surface area contributed by atoms with Crippen molar-refractivity contribution in [2.75, 3.05) is 13.7 Å². The second-order valence-electron chi connectivity index (χ2n) is 5.54. The van der Waals surface area contributed by atoms with E-state index < -0.39 is 0 Å². The Bertz CT molecular complexity index is 689. The van der Waals surface area contributed by atoms with Gasteiger partial charge < -0.3 is 10.1 Å². The maximum atomic E-state index is 13.7. The summed E-state index contributed by atoms with van der Waals surface area (Å²) < 4.78 is 18.9. The van der Waals surface area contributed by atoms with Crippen LogP contribution in [-0.2, 0) is 17.0 Å². The molecule has 2 aromatic rings. The van der Waals surface area contributed by atoms with Crippen LogP contribution in [0.2, 0.25) is 5.02 Å². The minimum Gasteiger partial charge on any atom is -0.497 e. The molecule has 0 radical (unpaired) electrons. The molecule has 0 aliphatic rings. The lowest BCUT2D eigenvalue weighted by atomic mass is 10.1. The van der Waals surface area contributed by atoms with Gasteiger partial charge in [-0.1, -0.05) is 29.8 Å². The summed E-state index contributed by atoms with van der Waals surface area (Å²) in [6.07, 6.45) is 0.742. The Balaban J connectivity index is 1.76. The van der Waals surface area contributed by atoms with Gasteiger partial charge in [0.1, 0.15) is 11.6 Å². The number of thioether (sulfide) groups is 1. The van der Waals surface area contributed by atoms with Crippen LogP contribution in [0.4, 0.5) is 4.39 Å². The summed E-state index contributed by atoms with van der Waals surface area (Å²) in [6.45, 7) is 2.36. The maximum absolute atomic E-state index is 13.7. The van der Waals surface area contributed by atoms with E-state index in [-0.39, 0.29) is 17.0 Å². The van der Waals surface area contributed by atoms with Crippen LogP contribution in [0, 0.1) is 5.82 Å². The van der Waals surface area contributed by atoms with Gasteiger partial charge in [-0.05, 0) is 43.2 Å². The van der Waals surface area contributed by atoms with Gasteiger partial charge in [-0.15, -0.1) is 11.8 Å². The zero-order chi connectivity index (χ0) is 18.2. The molecule has 25 heavy (non-hydrogen) atoms. The van der Waals surface area contributed by atoms with Gasteiger partial charge in [-0.3, -0.25) is 4.79 Å². The summed E-state index contributed by atoms with van der Waals surface area (Å²) in [7, 11) is 1.63. The number of carbonyl (C=O) groups is 1. The van der Waals surface area contributed by atoms with Crippen molar-refractivity contribution in [3.05, 3.63) is 64.4 Å². The number of amides is 1. The normalized spacial score (nSPS) is 11.8. The lowest BCUT2D eigenvalue weighted by molar-refractivity contribution is -0.120. The summed E-state index contributed by atoms with van der Waals surface area (Å²) >= 11 is 7.37. The molecule has 1 unspecified atom stereocenters. The van der Waals surface area contributed by atoms with E-state index in [9.17, 15) is 9.18 Å². The highest BCUT2D eigenvalue weighted by atomic mass is 35.5. The number of carbonyl (C=O) groups excluding carboxylic acids is 1. The average molecular weight is 382 g/mol. The number of nitrogens with one attached hydrogen (secondary N) is 1. The van der Waals surface area contributed by atoms with Crippen molar-refractivity contribution < 1.29 is 13.9 Å². The Kier molecular flexibility index (Phi) is 7.59. The van der Waals surface area contributed by atoms with Crippen LogP contribution in [0.15, 0.2) is 42.5 Å². The van der Waals surface area contributed by atoms with Gasteiger partial charge in [0.2, 0.25) is 5.91 Å². The van der Waals surface area contributed by atoms with Gasteiger partial charge in [-0.2, -0.15) is 0 Å². The molecular formula is C19H21ClFNO2S. The second-order valence-corrected chi connectivity index (χ2v) is 7.28. The van der Waals surface area contributed by atoms with E-state index >= 15 is 0 Å². The lowest BCUT2D eigenvalue weighted by Crippen LogP contribution is -2.32. The molecule has 0 heterocycles. The molecule has 0 aromatic heterocycles. The predicted octanol–water partition coefficient (Wildman–Crippen LogP) is 4.47. The fourth-order valence-corrected chi connectivity index (χ4v) is 3.47. The maximum Gasteiger partial charge on any atom is 0.232 e. The third-order valence-corrected chi connectivity index (χ3v) is 5.30. The van der Waals surface area contributed by atoms with Crippen LogP contribution in [-0.4, -0.2) is 24.8 Å². The topological polar surface area (TPSA) is 38.3 Å². The minimum atomic E-state index is -0.341. The van der Waals surface area contributed by atoms with E-state index in [1.54, 1.807) is 19.2 Å². The van der Waals surface area contributed by atoms with E-state index in [0.29, 0.717) is 22.9 Å². The minimum absolute atomic E-state index is 0.0639. The molecule has 2 rings (SSSR count). The van der Waals surface area contributed by atoms with Gasteiger partial charge in [-0.25, -0.2) is 4.39 Å². The molecule has 0 spiro atoms. The third-order valence-electron chi connectivity index (χ3n) is 3.78. The molecule has 0 saturated carbocycles. The van der Waals surface area contributed by atoms with Gasteiger partial charge in [0.15, 0.2) is 0 Å². The molecule has 1 atom stereocenters. The second kappa shape index (κ2) is 9.68. The van der Waals surface area contributed by atoms with Crippen molar-refractivity contribution in [3.8, 4) is 5.75 Å². The molecular weight excluding hydrogens is 361 g/mol. The molecule has 0 aliphatic carbocycles. The SMILES string of the molecule is COc1ccc(CCNC(=O)C(C)SCc2c(F)cccc2Cl)cc1. The fraction of sp³-hybridized carbons (Fsp3) is 0.316. The van der Waals surface area contributed by atoms with E-state index in [0.717, 1.165) is 17.7 Å². The quantitative estimate of drug-likeness (QED) is 0.733. The number of ether oxygens (including phenoxy) is 1. The fourth-order valence-electron chi connectivity index (χ4n) is 2.22. The first-order valence-corrected chi connectivity index (χ1v) is 9.39. The van der Waals surface area contributed by atoms with Crippen molar-refractivity contribution in [2.45, 2.75) is 24.3 Å². The molecule has 0 fully saturated rings. The first kappa shape index (κ1) is 19.6. The molecule has 1 amide bonds. The zero-order valence-electron chi connectivity index (χ0n) is 14.2. The number of hydrogen-bond donors (Lipinski definition) is 1. The van der Waals surface area contributed by atoms with Crippen LogP contribution in [0.3, 0.4) is 0 Å². The molecule has 0 bridgehead atoms. The summed E-state index contributed by atoms with van der Waals surface area (Å²) in [5.74, 6) is 0.765. The standard InChI is InChI=1S/C19H21ClFNO2S/c1-13(25-12-16-17(20)4-3-5-18(16)21)19(23)22-11-10-14-6-8-15(24-2)9-7-14/h3-9,13H,10-12H2,1-2H3,(H,22,23). The van der Waals surface area contributed by atoms with Crippen LogP contribution < -0.4 is 10.1 Å². The summed E-state index contributed by atoms with van der Waals surface area (Å²) in [5.41, 5.74) is 1.56. The molecule has 2 aromatic carbocycles. The Morgan fingerprint density at radius 2 is 2.00 bits per heavy atom. The van der Waals surface area contributed by atoms with Crippen molar-refractivity contribution in [3.63, 3.8) is 0 Å². The summed E-state index contributed by atoms with van der Waals surface area (Å²) in [6, 6.07) is 12.3. The lowest BCUT2D eigenvalue weighted by Gasteiger charge is -2.13. The van der Waals surface area contributed by atoms with E-state index in [1.807, 2.05) is 31.2 Å². The van der Waals surface area contributed by atoms with E-state index in [2.05, 4.69) is 5.32 Å². The highest BCUT2D eigenvalue weighted by molar-refractivity contribution is 7.99. The average Bonchev–Trinajstić information content (AvgIpc) is 2.61. The van der Waals surface area contributed by atoms with Crippen LogP contribution >= 0.6 is 23.4 Å². The molecule has 0 aliphatic heterocycles. The van der Waals surface area contributed by atoms with E-state index in [1.165, 1.54) is 17.8 Å². The summed E-state index contributed by atoms with van der Waals surface area (Å²) in [5, 5.41) is 3.01. The van der Waals surface area contributed by atoms with Gasteiger partial charge in [0, 0.05) is 22.9 Å². The van der Waals surface area contributed by atoms with Crippen LogP contribution in [0.25, 0.3) is 0 Å². The first-order chi connectivity index (χ1) is 12.0. The highest BCUT2D eigenvalue weighted by Crippen LogP contribution is 2.26. The Morgan fingerprint density at radius 3 is 2.64 bits per heavy atom. The van der Waals surface area contributed by atoms with Crippen molar-refractivity contribution in [2.24, 2.45) is 0 Å². The number of halogens is 2. The summed E-state index contributed by atoms with van der Waals surface area (Å²) in [4.78, 5) is 12.1. The first-order valence-electron chi connectivity index (χ1n) is 7.96. The van der Waals surface area contributed by atoms with Crippen molar-refractivity contribution >= 4 is 29.3 Å². The predicted molar refractivity (Wildman–Crippen MR) is 102 cm³/mol. The number of rotatable bonds is 8. The van der Waals surface area contributed by atoms with Crippen LogP contribution in [0.1, 0.15) is 18.1 Å². The number of hydrogen-bond acceptors (Lipinski definition) is 3. The monoisotopic (exact) mass is 381 g/mol. The smallest absolute Gasteiger partial charge is 0.232 e. The zero-order valence-corrected chi connectivity index (χ0v) is 15.8. The van der Waals surface area contributed by atoms with Gasteiger partial charge in [0.05, 0.1) is 12.4 Å². The van der Waals surface area contributed by atoms with Crippen LogP contribution in [0.5, 0.6) is 5.75 Å². The molecule has 134 valence electrons. The Labute approximate surface area is 156 Å². The molecule has 3 nitrogen and oxygen atoms in total. The van der Waals surface area contributed by atoms with Crippen molar-refractivity contribution in [1.82, 2.24) is 5.32 Å². The Morgan fingerprint density at radius 1 is 1.28 bits per heavy atom. The number of methoxy groups -OCH3 is 1. The highest BCUT2D eigenvalue weighted by Gasteiger charge is 2.15. The molecule has 0 saturated heterocycles. The van der Waals surface area contributed by atoms with Crippen molar-refractivity contribution in [1.29, 1.82) is 0 Å². The molecule has 1 N–H and O–H groups in total. The van der Waals surface area contributed by atoms with Gasteiger partial charge >= 0.3 is 0 Å². The Hall–Kier alpha value is -1.72. The third kappa shape index (κ3) is 5.94.